The van der Waals surface area contributed by atoms with E-state index < -0.39 is 11.6 Å². The maximum Gasteiger partial charge on any atom is 0.313 e. The third-order valence-corrected chi connectivity index (χ3v) is 4.86. The van der Waals surface area contributed by atoms with Crippen molar-refractivity contribution in [3.05, 3.63) is 30.3 Å². The molecule has 3 rings (SSSR count). The van der Waals surface area contributed by atoms with Gasteiger partial charge in [0.1, 0.15) is 5.54 Å². The van der Waals surface area contributed by atoms with Gasteiger partial charge in [0, 0.05) is 31.4 Å². The molecule has 1 aromatic carbocycles. The van der Waals surface area contributed by atoms with Gasteiger partial charge in [-0.2, -0.15) is 0 Å². The Hall–Kier alpha value is -2.24. The quantitative estimate of drug-likeness (QED) is 0.879. The molecule has 1 atom stereocenters. The van der Waals surface area contributed by atoms with Crippen LogP contribution in [0.15, 0.2) is 30.3 Å². The van der Waals surface area contributed by atoms with Crippen molar-refractivity contribution in [1.29, 1.82) is 0 Å². The highest BCUT2D eigenvalue weighted by Gasteiger charge is 2.54. The van der Waals surface area contributed by atoms with Crippen molar-refractivity contribution in [3.8, 4) is 0 Å². The summed E-state index contributed by atoms with van der Waals surface area (Å²) in [6.45, 7) is 4.40. The van der Waals surface area contributed by atoms with Crippen molar-refractivity contribution in [3.63, 3.8) is 0 Å². The van der Waals surface area contributed by atoms with Crippen LogP contribution in [0.25, 0.3) is 0 Å². The Kier molecular flexibility index (Phi) is 4.15. The summed E-state index contributed by atoms with van der Waals surface area (Å²) in [6, 6.07) is 9.80. The maximum absolute atomic E-state index is 12.9. The minimum Gasteiger partial charge on any atom is -0.368 e. The molecule has 2 fully saturated rings. The number of nitrogens with two attached hydrogens (primary N) is 1. The van der Waals surface area contributed by atoms with Crippen LogP contribution in [0.2, 0.25) is 0 Å². The summed E-state index contributed by atoms with van der Waals surface area (Å²) in [5.74, 6) is 0.0239. The number of carbonyl (C=O) groups is 2. The van der Waals surface area contributed by atoms with E-state index in [9.17, 15) is 9.59 Å². The molecule has 23 heavy (non-hydrogen) atoms. The lowest BCUT2D eigenvalue weighted by Gasteiger charge is -2.43. The first-order valence-electron chi connectivity index (χ1n) is 8.24. The van der Waals surface area contributed by atoms with Gasteiger partial charge >= 0.3 is 6.03 Å². The average molecular weight is 316 g/mol. The van der Waals surface area contributed by atoms with Crippen LogP contribution < -0.4 is 16.0 Å². The van der Waals surface area contributed by atoms with E-state index in [0.717, 1.165) is 19.5 Å². The fraction of sp³-hybridized carbons (Fsp3) is 0.529. The van der Waals surface area contributed by atoms with E-state index in [4.69, 9.17) is 5.73 Å². The van der Waals surface area contributed by atoms with Crippen molar-refractivity contribution in [2.45, 2.75) is 37.8 Å². The summed E-state index contributed by atoms with van der Waals surface area (Å²) >= 11 is 0. The molecule has 2 aliphatic rings. The van der Waals surface area contributed by atoms with Crippen molar-refractivity contribution >= 4 is 17.6 Å². The third kappa shape index (κ3) is 3.11. The van der Waals surface area contributed by atoms with Crippen LogP contribution in [0.4, 0.5) is 10.5 Å². The highest BCUT2D eigenvalue weighted by atomic mass is 16.2. The Labute approximate surface area is 136 Å². The molecule has 1 aliphatic heterocycles. The Morgan fingerprint density at radius 2 is 1.96 bits per heavy atom. The summed E-state index contributed by atoms with van der Waals surface area (Å²) in [6.07, 6.45) is 2.26. The molecule has 3 amide bonds. The molecule has 6 nitrogen and oxygen atoms in total. The Morgan fingerprint density at radius 3 is 2.52 bits per heavy atom. The maximum atomic E-state index is 12.9. The van der Waals surface area contributed by atoms with Gasteiger partial charge < -0.3 is 20.9 Å². The molecule has 0 aromatic heterocycles. The van der Waals surface area contributed by atoms with Crippen LogP contribution in [0.1, 0.15) is 26.2 Å². The number of hydrogen-bond acceptors (Lipinski definition) is 3. The van der Waals surface area contributed by atoms with E-state index >= 15 is 0 Å². The largest absolute Gasteiger partial charge is 0.368 e. The van der Waals surface area contributed by atoms with E-state index in [2.05, 4.69) is 29.3 Å². The van der Waals surface area contributed by atoms with Crippen LogP contribution in [0.3, 0.4) is 0 Å². The highest BCUT2D eigenvalue weighted by Crippen LogP contribution is 2.38. The average Bonchev–Trinajstić information content (AvgIpc) is 3.34. The molecule has 124 valence electrons. The number of piperazine rings is 1. The lowest BCUT2D eigenvalue weighted by atomic mass is 10.1. The summed E-state index contributed by atoms with van der Waals surface area (Å²) in [5.41, 5.74) is 5.67. The first kappa shape index (κ1) is 15.6. The van der Waals surface area contributed by atoms with Crippen molar-refractivity contribution in [1.82, 2.24) is 10.2 Å². The number of nitrogens with one attached hydrogen (secondary N) is 1. The van der Waals surface area contributed by atoms with Crippen LogP contribution in [0.5, 0.6) is 0 Å². The predicted molar refractivity (Wildman–Crippen MR) is 89.1 cm³/mol. The lowest BCUT2D eigenvalue weighted by molar-refractivity contribution is -0.137. The van der Waals surface area contributed by atoms with E-state index in [-0.39, 0.29) is 11.9 Å². The summed E-state index contributed by atoms with van der Waals surface area (Å²) in [4.78, 5) is 28.3. The van der Waals surface area contributed by atoms with Gasteiger partial charge in [-0.1, -0.05) is 25.1 Å². The van der Waals surface area contributed by atoms with Crippen LogP contribution in [0, 0.1) is 0 Å². The van der Waals surface area contributed by atoms with Gasteiger partial charge in [0.2, 0.25) is 5.91 Å². The summed E-state index contributed by atoms with van der Waals surface area (Å²) < 4.78 is 0. The molecule has 0 bridgehead atoms. The van der Waals surface area contributed by atoms with Crippen LogP contribution in [-0.4, -0.2) is 48.1 Å². The molecule has 0 spiro atoms. The summed E-state index contributed by atoms with van der Waals surface area (Å²) in [7, 11) is 0. The van der Waals surface area contributed by atoms with Crippen LogP contribution in [-0.2, 0) is 4.79 Å². The number of urea groups is 1. The molecule has 1 aliphatic carbocycles. The van der Waals surface area contributed by atoms with E-state index in [0.29, 0.717) is 19.4 Å². The Morgan fingerprint density at radius 1 is 1.26 bits per heavy atom. The molecule has 6 heteroatoms. The van der Waals surface area contributed by atoms with E-state index in [1.807, 2.05) is 23.1 Å². The third-order valence-electron chi connectivity index (χ3n) is 4.86. The van der Waals surface area contributed by atoms with Crippen LogP contribution >= 0.6 is 0 Å². The summed E-state index contributed by atoms with van der Waals surface area (Å²) in [5, 5.41) is 2.65. The topological polar surface area (TPSA) is 78.7 Å². The Balaban J connectivity index is 1.70. The minimum absolute atomic E-state index is 0.0239. The number of anilines is 1. The first-order chi connectivity index (χ1) is 11.1. The first-order valence-corrected chi connectivity index (χ1v) is 8.24. The number of nitrogens with zero attached hydrogens (tertiary/aromatic N) is 2. The number of benzene rings is 1. The molecule has 1 unspecified atom stereocenters. The minimum atomic E-state index is -0.742. The molecule has 3 N–H and O–H groups in total. The number of hydrogen-bond donors (Lipinski definition) is 2. The van der Waals surface area contributed by atoms with Gasteiger partial charge in [0.05, 0.1) is 0 Å². The van der Waals surface area contributed by atoms with Gasteiger partial charge in [0.25, 0.3) is 0 Å². The SMILES string of the molecule is CCC1CN(c2ccccc2)CCN1C(=O)C1(NC(N)=O)CC1. The zero-order valence-corrected chi connectivity index (χ0v) is 13.5. The van der Waals surface area contributed by atoms with Crippen molar-refractivity contribution < 1.29 is 9.59 Å². The highest BCUT2D eigenvalue weighted by molar-refractivity contribution is 5.93. The van der Waals surface area contributed by atoms with E-state index in [1.165, 1.54) is 5.69 Å². The Bertz CT molecular complexity index is 586. The van der Waals surface area contributed by atoms with Gasteiger partial charge in [-0.05, 0) is 31.4 Å². The normalized spacial score (nSPS) is 22.6. The zero-order valence-electron chi connectivity index (χ0n) is 13.5. The molecule has 1 saturated carbocycles. The second-order valence-electron chi connectivity index (χ2n) is 6.41. The second kappa shape index (κ2) is 6.10. The molecule has 0 radical (unpaired) electrons. The number of carbonyl (C=O) groups excluding carboxylic acids is 2. The monoisotopic (exact) mass is 316 g/mol. The standard InChI is InChI=1S/C17H24N4O2/c1-2-13-12-20(14-6-4-3-5-7-14)10-11-21(13)15(22)17(8-9-17)19-16(18)23/h3-7,13H,2,8-12H2,1H3,(H3,18,19,23). The second-order valence-corrected chi connectivity index (χ2v) is 6.41. The fourth-order valence-electron chi connectivity index (χ4n) is 3.37. The molecule has 1 aromatic rings. The number of primary amides is 1. The molecular weight excluding hydrogens is 292 g/mol. The fourth-order valence-corrected chi connectivity index (χ4v) is 3.37. The van der Waals surface area contributed by atoms with Gasteiger partial charge in [-0.3, -0.25) is 4.79 Å². The van der Waals surface area contributed by atoms with Gasteiger partial charge in [-0.25, -0.2) is 4.79 Å². The zero-order chi connectivity index (χ0) is 16.4. The predicted octanol–water partition coefficient (Wildman–Crippen LogP) is 1.31. The molecular formula is C17H24N4O2. The number of amides is 3. The smallest absolute Gasteiger partial charge is 0.313 e. The molecule has 1 saturated heterocycles. The van der Waals surface area contributed by atoms with Crippen molar-refractivity contribution in [2.24, 2.45) is 5.73 Å². The number of rotatable bonds is 4. The number of para-hydroxylation sites is 1. The van der Waals surface area contributed by atoms with Gasteiger partial charge in [-0.15, -0.1) is 0 Å². The lowest BCUT2D eigenvalue weighted by Crippen LogP contribution is -2.61. The van der Waals surface area contributed by atoms with E-state index in [1.54, 1.807) is 0 Å². The van der Waals surface area contributed by atoms with Crippen molar-refractivity contribution in [2.75, 3.05) is 24.5 Å². The van der Waals surface area contributed by atoms with Gasteiger partial charge in [0.15, 0.2) is 0 Å². The molecule has 1 heterocycles.